The van der Waals surface area contributed by atoms with E-state index in [4.69, 9.17) is 21.1 Å². The first-order valence-corrected chi connectivity index (χ1v) is 9.58. The third-order valence-corrected chi connectivity index (χ3v) is 5.16. The molecule has 0 aliphatic carbocycles. The maximum absolute atomic E-state index is 13.8. The average Bonchev–Trinajstić information content (AvgIpc) is 3.18. The second kappa shape index (κ2) is 8.29. The number of benzene rings is 1. The molecule has 1 aromatic carbocycles. The number of fused-ring (bicyclic) bond motifs is 1. The highest BCUT2D eigenvalue weighted by molar-refractivity contribution is 6.33. The summed E-state index contributed by atoms with van der Waals surface area (Å²) in [5.74, 6) is 0.568. The minimum absolute atomic E-state index is 0.0678. The molecule has 4 rings (SSSR count). The Balaban J connectivity index is 1.62. The Morgan fingerprint density at radius 1 is 1.23 bits per heavy atom. The van der Waals surface area contributed by atoms with E-state index in [0.29, 0.717) is 22.6 Å². The summed E-state index contributed by atoms with van der Waals surface area (Å²) in [4.78, 5) is 12.9. The van der Waals surface area contributed by atoms with Gasteiger partial charge in [-0.15, -0.1) is 0 Å². The number of hydrogen-bond donors (Lipinski definition) is 2. The smallest absolute Gasteiger partial charge is 0.408 e. The van der Waals surface area contributed by atoms with Crippen LogP contribution in [0.1, 0.15) is 11.6 Å². The number of aromatic amines is 1. The molecule has 1 unspecified atom stereocenters. The lowest BCUT2D eigenvalue weighted by atomic mass is 10.0. The largest absolute Gasteiger partial charge is 0.480 e. The molecule has 2 aromatic heterocycles. The lowest BCUT2D eigenvalue weighted by Gasteiger charge is -2.35. The molecular formula is C19H19ClF3N5O2. The molecule has 3 heterocycles. The van der Waals surface area contributed by atoms with Crippen LogP contribution in [0, 0.1) is 0 Å². The van der Waals surface area contributed by atoms with Crippen LogP contribution >= 0.6 is 11.6 Å². The molecule has 0 radical (unpaired) electrons. The van der Waals surface area contributed by atoms with E-state index in [2.05, 4.69) is 20.3 Å². The van der Waals surface area contributed by atoms with Crippen molar-refractivity contribution in [1.29, 1.82) is 0 Å². The van der Waals surface area contributed by atoms with Crippen LogP contribution in [0.3, 0.4) is 0 Å². The Bertz CT molecular complexity index is 1040. The Kier molecular flexibility index (Phi) is 5.72. The number of nitrogens with zero attached hydrogens (tertiary/aromatic N) is 3. The first kappa shape index (κ1) is 20.7. The summed E-state index contributed by atoms with van der Waals surface area (Å²) in [6, 6.07) is 4.25. The minimum atomic E-state index is -4.44. The van der Waals surface area contributed by atoms with Crippen molar-refractivity contribution in [2.24, 2.45) is 0 Å². The molecule has 1 aliphatic heterocycles. The van der Waals surface area contributed by atoms with Gasteiger partial charge in [-0.3, -0.25) is 4.90 Å². The zero-order valence-electron chi connectivity index (χ0n) is 16.0. The van der Waals surface area contributed by atoms with Gasteiger partial charge in [0.05, 0.1) is 36.4 Å². The third-order valence-electron chi connectivity index (χ3n) is 4.85. The highest BCUT2D eigenvalue weighted by atomic mass is 35.5. The first-order valence-electron chi connectivity index (χ1n) is 9.21. The molecule has 30 heavy (non-hydrogen) atoms. The molecule has 0 saturated carbocycles. The number of halogens is 4. The van der Waals surface area contributed by atoms with Gasteiger partial charge < -0.3 is 19.8 Å². The Morgan fingerprint density at radius 3 is 2.67 bits per heavy atom. The van der Waals surface area contributed by atoms with Crippen LogP contribution in [-0.4, -0.2) is 59.4 Å². The van der Waals surface area contributed by atoms with Crippen molar-refractivity contribution < 1.29 is 22.6 Å². The minimum Gasteiger partial charge on any atom is -0.480 e. The Hall–Kier alpha value is -2.56. The molecule has 0 spiro atoms. The van der Waals surface area contributed by atoms with Crippen molar-refractivity contribution in [2.75, 3.05) is 38.7 Å². The maximum atomic E-state index is 13.8. The van der Waals surface area contributed by atoms with Crippen molar-refractivity contribution in [2.45, 2.75) is 12.2 Å². The summed E-state index contributed by atoms with van der Waals surface area (Å²) in [6.45, 7) is 0.928. The van der Waals surface area contributed by atoms with Crippen molar-refractivity contribution in [1.82, 2.24) is 19.9 Å². The van der Waals surface area contributed by atoms with Gasteiger partial charge in [0.2, 0.25) is 11.8 Å². The van der Waals surface area contributed by atoms with Crippen molar-refractivity contribution >= 4 is 34.3 Å². The number of ether oxygens (including phenoxy) is 2. The summed E-state index contributed by atoms with van der Waals surface area (Å²) < 4.78 is 51.8. The Morgan fingerprint density at radius 2 is 2.00 bits per heavy atom. The van der Waals surface area contributed by atoms with E-state index < -0.39 is 12.2 Å². The fourth-order valence-electron chi connectivity index (χ4n) is 3.49. The number of morpholine rings is 1. The number of nitrogens with one attached hydrogen (secondary N) is 2. The molecule has 160 valence electrons. The third kappa shape index (κ3) is 4.16. The number of methoxy groups -OCH3 is 1. The predicted octanol–water partition coefficient (Wildman–Crippen LogP) is 4.30. The standard InChI is InChI=1S/C19H19ClF3N5O2/c1-29-17-12-4-5-24-16(12)26-18(27-17)25-14-3-2-11(10-13(14)20)15(19(21,22)23)28-6-8-30-9-7-28/h2-5,10,15H,6-9H2,1H3,(H2,24,25,26,27). The van der Waals surface area contributed by atoms with Gasteiger partial charge in [0.1, 0.15) is 11.7 Å². The van der Waals surface area contributed by atoms with Crippen LogP contribution < -0.4 is 10.1 Å². The molecule has 1 saturated heterocycles. The zero-order valence-corrected chi connectivity index (χ0v) is 16.7. The highest BCUT2D eigenvalue weighted by Crippen LogP contribution is 2.40. The number of H-pyrrole nitrogens is 1. The van der Waals surface area contributed by atoms with Gasteiger partial charge in [-0.25, -0.2) is 0 Å². The number of rotatable bonds is 5. The van der Waals surface area contributed by atoms with Crippen molar-refractivity contribution in [3.63, 3.8) is 0 Å². The summed E-state index contributed by atoms with van der Waals surface area (Å²) >= 11 is 6.32. The van der Waals surface area contributed by atoms with Gasteiger partial charge in [0, 0.05) is 19.3 Å². The van der Waals surface area contributed by atoms with Crippen LogP contribution in [0.15, 0.2) is 30.5 Å². The molecule has 2 N–H and O–H groups in total. The Labute approximate surface area is 175 Å². The summed E-state index contributed by atoms with van der Waals surface area (Å²) in [7, 11) is 1.49. The number of alkyl halides is 3. The van der Waals surface area contributed by atoms with Crippen LogP contribution in [-0.2, 0) is 4.74 Å². The molecule has 11 heteroatoms. The van der Waals surface area contributed by atoms with E-state index in [-0.39, 0.29) is 42.8 Å². The fourth-order valence-corrected chi connectivity index (χ4v) is 3.73. The van der Waals surface area contributed by atoms with E-state index in [0.717, 1.165) is 0 Å². The lowest BCUT2D eigenvalue weighted by Crippen LogP contribution is -2.44. The molecule has 1 aliphatic rings. The van der Waals surface area contributed by atoms with Gasteiger partial charge in [0.25, 0.3) is 0 Å². The second-order valence-corrected chi connectivity index (χ2v) is 7.16. The van der Waals surface area contributed by atoms with Gasteiger partial charge in [-0.05, 0) is 23.8 Å². The van der Waals surface area contributed by atoms with E-state index in [1.165, 1.54) is 30.2 Å². The summed E-state index contributed by atoms with van der Waals surface area (Å²) in [5.41, 5.74) is 1.01. The van der Waals surface area contributed by atoms with Gasteiger partial charge in [-0.2, -0.15) is 23.1 Å². The van der Waals surface area contributed by atoms with E-state index in [9.17, 15) is 13.2 Å². The van der Waals surface area contributed by atoms with E-state index in [1.54, 1.807) is 12.3 Å². The molecule has 0 bridgehead atoms. The SMILES string of the molecule is COc1nc(Nc2ccc(C(N3CCOCC3)C(F)(F)F)cc2Cl)nc2[nH]ccc12. The normalized spacial score (nSPS) is 16.6. The van der Waals surface area contributed by atoms with Crippen LogP contribution in [0.4, 0.5) is 24.8 Å². The monoisotopic (exact) mass is 441 g/mol. The maximum Gasteiger partial charge on any atom is 0.408 e. The predicted molar refractivity (Wildman–Crippen MR) is 106 cm³/mol. The quantitative estimate of drug-likeness (QED) is 0.615. The molecule has 1 fully saturated rings. The second-order valence-electron chi connectivity index (χ2n) is 6.75. The van der Waals surface area contributed by atoms with Crippen molar-refractivity contribution in [3.8, 4) is 5.88 Å². The molecular weight excluding hydrogens is 423 g/mol. The molecule has 3 aromatic rings. The van der Waals surface area contributed by atoms with Crippen LogP contribution in [0.25, 0.3) is 11.0 Å². The van der Waals surface area contributed by atoms with Gasteiger partial charge in [0.15, 0.2) is 0 Å². The molecule has 1 atom stereocenters. The van der Waals surface area contributed by atoms with E-state index in [1.807, 2.05) is 0 Å². The summed E-state index contributed by atoms with van der Waals surface area (Å²) in [5, 5.41) is 3.78. The van der Waals surface area contributed by atoms with Gasteiger partial charge in [-0.1, -0.05) is 17.7 Å². The number of aromatic nitrogens is 3. The highest BCUT2D eigenvalue weighted by Gasteiger charge is 2.45. The molecule has 0 amide bonds. The van der Waals surface area contributed by atoms with Crippen LogP contribution in [0.2, 0.25) is 5.02 Å². The van der Waals surface area contributed by atoms with Crippen LogP contribution in [0.5, 0.6) is 5.88 Å². The first-order chi connectivity index (χ1) is 14.4. The summed E-state index contributed by atoms with van der Waals surface area (Å²) in [6.07, 6.45) is -2.74. The fraction of sp³-hybridized carbons (Fsp3) is 0.368. The number of hydrogen-bond acceptors (Lipinski definition) is 6. The average molecular weight is 442 g/mol. The zero-order chi connectivity index (χ0) is 21.3. The lowest BCUT2D eigenvalue weighted by molar-refractivity contribution is -0.194. The molecule has 7 nitrogen and oxygen atoms in total. The van der Waals surface area contributed by atoms with Crippen molar-refractivity contribution in [3.05, 3.63) is 41.0 Å². The van der Waals surface area contributed by atoms with Gasteiger partial charge >= 0.3 is 6.18 Å². The van der Waals surface area contributed by atoms with E-state index >= 15 is 0 Å². The number of anilines is 2. The topological polar surface area (TPSA) is 75.3 Å².